The van der Waals surface area contributed by atoms with E-state index in [0.29, 0.717) is 5.56 Å². The number of phenols is 1. The Morgan fingerprint density at radius 3 is 2.67 bits per heavy atom. The monoisotopic (exact) mass is 278 g/mol. The van der Waals surface area contributed by atoms with E-state index in [1.54, 1.807) is 12.1 Å². The average molecular weight is 278 g/mol. The summed E-state index contributed by atoms with van der Waals surface area (Å²) in [4.78, 5) is 10.4. The molecule has 1 rings (SSSR count). The predicted molar refractivity (Wildman–Crippen MR) is 52.2 cm³/mol. The normalized spacial score (nSPS) is 9.75. The Labute approximate surface area is 83.2 Å². The quantitative estimate of drug-likeness (QED) is 0.808. The van der Waals surface area contributed by atoms with Crippen LogP contribution >= 0.6 is 22.6 Å². The molecule has 0 amide bonds. The Morgan fingerprint density at radius 2 is 2.17 bits per heavy atom. The molecule has 0 saturated heterocycles. The summed E-state index contributed by atoms with van der Waals surface area (Å²) < 4.78 is 0.773. The maximum absolute atomic E-state index is 10.4. The second-order valence-corrected chi connectivity index (χ2v) is 3.47. The molecule has 12 heavy (non-hydrogen) atoms. The van der Waals surface area contributed by atoms with E-state index in [1.807, 2.05) is 22.6 Å². The van der Waals surface area contributed by atoms with Gasteiger partial charge < -0.3 is 10.2 Å². The molecule has 0 aliphatic rings. The van der Waals surface area contributed by atoms with E-state index in [4.69, 9.17) is 5.11 Å². The third-order valence-electron chi connectivity index (χ3n) is 1.42. The third-order valence-corrected chi connectivity index (χ3v) is 2.43. The standard InChI is InChI=1S/C8H7IO3/c9-6-2-1-3-7(10)5(6)4-8(11)12/h1-3,10H,4H2,(H,11,12). The van der Waals surface area contributed by atoms with E-state index in [9.17, 15) is 9.90 Å². The number of hydrogen-bond acceptors (Lipinski definition) is 2. The van der Waals surface area contributed by atoms with Crippen LogP contribution in [0.5, 0.6) is 5.75 Å². The minimum Gasteiger partial charge on any atom is -0.508 e. The molecular weight excluding hydrogens is 271 g/mol. The van der Waals surface area contributed by atoms with Crippen molar-refractivity contribution in [1.82, 2.24) is 0 Å². The summed E-state index contributed by atoms with van der Waals surface area (Å²) in [5, 5.41) is 17.8. The molecule has 0 radical (unpaired) electrons. The first-order valence-electron chi connectivity index (χ1n) is 3.29. The van der Waals surface area contributed by atoms with Gasteiger partial charge in [0.25, 0.3) is 0 Å². The van der Waals surface area contributed by atoms with Crippen molar-refractivity contribution in [2.45, 2.75) is 6.42 Å². The molecule has 64 valence electrons. The molecule has 0 aromatic heterocycles. The van der Waals surface area contributed by atoms with Gasteiger partial charge in [0.15, 0.2) is 0 Å². The minimum atomic E-state index is -0.936. The lowest BCUT2D eigenvalue weighted by Crippen LogP contribution is -2.02. The van der Waals surface area contributed by atoms with Crippen LogP contribution in [0.2, 0.25) is 0 Å². The van der Waals surface area contributed by atoms with E-state index in [2.05, 4.69) is 0 Å². The van der Waals surface area contributed by atoms with E-state index in [0.717, 1.165) is 3.57 Å². The zero-order chi connectivity index (χ0) is 9.14. The Kier molecular flexibility index (Phi) is 2.91. The van der Waals surface area contributed by atoms with Gasteiger partial charge >= 0.3 is 5.97 Å². The first-order valence-corrected chi connectivity index (χ1v) is 4.37. The molecule has 0 saturated carbocycles. The highest BCUT2D eigenvalue weighted by molar-refractivity contribution is 14.1. The van der Waals surface area contributed by atoms with Crippen molar-refractivity contribution in [3.8, 4) is 5.75 Å². The Balaban J connectivity index is 3.04. The molecular formula is C8H7IO3. The second kappa shape index (κ2) is 3.75. The van der Waals surface area contributed by atoms with Gasteiger partial charge in [-0.05, 0) is 34.7 Å². The molecule has 1 aromatic carbocycles. The summed E-state index contributed by atoms with van der Waals surface area (Å²) >= 11 is 2.00. The van der Waals surface area contributed by atoms with Crippen LogP contribution in [0.25, 0.3) is 0 Å². The lowest BCUT2D eigenvalue weighted by molar-refractivity contribution is -0.136. The Morgan fingerprint density at radius 1 is 1.50 bits per heavy atom. The van der Waals surface area contributed by atoms with Gasteiger partial charge in [0.2, 0.25) is 0 Å². The minimum absolute atomic E-state index is 0.0456. The van der Waals surface area contributed by atoms with Crippen LogP contribution < -0.4 is 0 Å². The number of aromatic hydroxyl groups is 1. The molecule has 0 bridgehead atoms. The molecule has 0 fully saturated rings. The van der Waals surface area contributed by atoms with Gasteiger partial charge in [-0.1, -0.05) is 6.07 Å². The van der Waals surface area contributed by atoms with Crippen LogP contribution in [0.15, 0.2) is 18.2 Å². The van der Waals surface area contributed by atoms with Gasteiger partial charge in [-0.25, -0.2) is 0 Å². The summed E-state index contributed by atoms with van der Waals surface area (Å²) in [7, 11) is 0. The van der Waals surface area contributed by atoms with Crippen molar-refractivity contribution in [2.24, 2.45) is 0 Å². The Bertz CT molecular complexity index is 289. The molecule has 0 heterocycles. The summed E-state index contributed by atoms with van der Waals surface area (Å²) in [6, 6.07) is 4.93. The van der Waals surface area contributed by atoms with E-state index in [-0.39, 0.29) is 12.2 Å². The van der Waals surface area contributed by atoms with Gasteiger partial charge in [0.05, 0.1) is 6.42 Å². The van der Waals surface area contributed by atoms with Crippen molar-refractivity contribution < 1.29 is 15.0 Å². The van der Waals surface area contributed by atoms with E-state index >= 15 is 0 Å². The number of benzene rings is 1. The van der Waals surface area contributed by atoms with Gasteiger partial charge in [-0.15, -0.1) is 0 Å². The van der Waals surface area contributed by atoms with Crippen molar-refractivity contribution >= 4 is 28.6 Å². The number of phenolic OH excluding ortho intramolecular Hbond substituents is 1. The SMILES string of the molecule is O=C(O)Cc1c(O)cccc1I. The van der Waals surface area contributed by atoms with Crippen molar-refractivity contribution in [3.05, 3.63) is 27.3 Å². The van der Waals surface area contributed by atoms with Crippen molar-refractivity contribution in [2.75, 3.05) is 0 Å². The van der Waals surface area contributed by atoms with Crippen LogP contribution in [-0.2, 0) is 11.2 Å². The predicted octanol–water partition coefficient (Wildman–Crippen LogP) is 1.62. The largest absolute Gasteiger partial charge is 0.508 e. The van der Waals surface area contributed by atoms with Gasteiger partial charge in [-0.2, -0.15) is 0 Å². The van der Waals surface area contributed by atoms with Crippen LogP contribution in [0.3, 0.4) is 0 Å². The highest BCUT2D eigenvalue weighted by Gasteiger charge is 2.08. The summed E-state index contributed by atoms with van der Waals surface area (Å²) in [6.07, 6.45) is -0.134. The molecule has 0 atom stereocenters. The number of aliphatic carboxylic acids is 1. The van der Waals surface area contributed by atoms with Crippen LogP contribution in [-0.4, -0.2) is 16.2 Å². The Hall–Kier alpha value is -0.780. The fourth-order valence-electron chi connectivity index (χ4n) is 0.873. The summed E-state index contributed by atoms with van der Waals surface area (Å²) in [5.74, 6) is -0.890. The maximum Gasteiger partial charge on any atom is 0.307 e. The fourth-order valence-corrected chi connectivity index (χ4v) is 1.55. The average Bonchev–Trinajstić information content (AvgIpc) is 1.97. The number of carbonyl (C=O) groups is 1. The molecule has 0 unspecified atom stereocenters. The molecule has 1 aromatic rings. The zero-order valence-corrected chi connectivity index (χ0v) is 8.28. The van der Waals surface area contributed by atoms with Crippen LogP contribution in [0.1, 0.15) is 5.56 Å². The number of carboxylic acids is 1. The third kappa shape index (κ3) is 2.10. The number of hydrogen-bond donors (Lipinski definition) is 2. The second-order valence-electron chi connectivity index (χ2n) is 2.31. The molecule has 3 nitrogen and oxygen atoms in total. The maximum atomic E-state index is 10.4. The van der Waals surface area contributed by atoms with Crippen molar-refractivity contribution in [1.29, 1.82) is 0 Å². The smallest absolute Gasteiger partial charge is 0.307 e. The molecule has 0 spiro atoms. The molecule has 0 aliphatic carbocycles. The lowest BCUT2D eigenvalue weighted by atomic mass is 10.1. The first-order chi connectivity index (χ1) is 5.61. The van der Waals surface area contributed by atoms with Crippen LogP contribution in [0.4, 0.5) is 0 Å². The molecule has 2 N–H and O–H groups in total. The number of rotatable bonds is 2. The highest BCUT2D eigenvalue weighted by atomic mass is 127. The van der Waals surface area contributed by atoms with Gasteiger partial charge in [0.1, 0.15) is 5.75 Å². The summed E-state index contributed by atoms with van der Waals surface area (Å²) in [5.41, 5.74) is 0.477. The number of halogens is 1. The molecule has 0 aliphatic heterocycles. The first kappa shape index (κ1) is 9.31. The summed E-state index contributed by atoms with van der Waals surface area (Å²) in [6.45, 7) is 0. The van der Waals surface area contributed by atoms with Crippen molar-refractivity contribution in [3.63, 3.8) is 0 Å². The van der Waals surface area contributed by atoms with Gasteiger partial charge in [-0.3, -0.25) is 4.79 Å². The van der Waals surface area contributed by atoms with E-state index in [1.165, 1.54) is 6.07 Å². The lowest BCUT2D eigenvalue weighted by Gasteiger charge is -2.02. The van der Waals surface area contributed by atoms with Gasteiger partial charge in [0, 0.05) is 9.13 Å². The zero-order valence-electron chi connectivity index (χ0n) is 6.12. The topological polar surface area (TPSA) is 57.5 Å². The highest BCUT2D eigenvalue weighted by Crippen LogP contribution is 2.22. The molecule has 4 heteroatoms. The van der Waals surface area contributed by atoms with Crippen LogP contribution in [0, 0.1) is 3.57 Å². The number of carboxylic acid groups (broad SMARTS) is 1. The van der Waals surface area contributed by atoms with E-state index < -0.39 is 5.97 Å². The fraction of sp³-hybridized carbons (Fsp3) is 0.125.